The predicted octanol–water partition coefficient (Wildman–Crippen LogP) is 3.72. The molecule has 2 rings (SSSR count). The molecule has 0 aliphatic carbocycles. The predicted molar refractivity (Wildman–Crippen MR) is 66.4 cm³/mol. The van der Waals surface area contributed by atoms with Crippen LogP contribution in [0.4, 0.5) is 0 Å². The number of halogens is 1. The molecule has 2 heterocycles. The molecule has 0 bridgehead atoms. The lowest BCUT2D eigenvalue weighted by Crippen LogP contribution is -2.16. The number of furan rings is 1. The van der Waals surface area contributed by atoms with Gasteiger partial charge >= 0.3 is 0 Å². The molecule has 0 saturated carbocycles. The van der Waals surface area contributed by atoms with Gasteiger partial charge in [-0.3, -0.25) is 0 Å². The molecule has 2 aromatic rings. The summed E-state index contributed by atoms with van der Waals surface area (Å²) in [5.41, 5.74) is 1.30. The van der Waals surface area contributed by atoms with Crippen molar-refractivity contribution >= 4 is 27.3 Å². The number of thiophene rings is 1. The first kappa shape index (κ1) is 10.9. The zero-order valence-corrected chi connectivity index (χ0v) is 11.0. The summed E-state index contributed by atoms with van der Waals surface area (Å²) in [7, 11) is 1.94. The van der Waals surface area contributed by atoms with Gasteiger partial charge in [-0.05, 0) is 59.0 Å². The summed E-state index contributed by atoms with van der Waals surface area (Å²) in [4.78, 5) is 1.30. The second-order valence-electron chi connectivity index (χ2n) is 3.33. The maximum atomic E-state index is 5.58. The van der Waals surface area contributed by atoms with Crippen molar-refractivity contribution in [1.29, 1.82) is 0 Å². The van der Waals surface area contributed by atoms with Crippen molar-refractivity contribution in [3.05, 3.63) is 44.4 Å². The minimum atomic E-state index is 0.149. The Labute approximate surface area is 101 Å². The van der Waals surface area contributed by atoms with Gasteiger partial charge in [0.25, 0.3) is 0 Å². The Balaban J connectivity index is 2.36. The zero-order valence-electron chi connectivity index (χ0n) is 8.58. The van der Waals surface area contributed by atoms with Gasteiger partial charge in [-0.25, -0.2) is 0 Å². The maximum absolute atomic E-state index is 5.58. The lowest BCUT2D eigenvalue weighted by atomic mass is 10.1. The molecule has 0 radical (unpaired) electrons. The molecule has 1 atom stereocenters. The molecule has 0 amide bonds. The van der Waals surface area contributed by atoms with E-state index >= 15 is 0 Å². The first-order valence-corrected chi connectivity index (χ1v) is 6.36. The second-order valence-corrected chi connectivity index (χ2v) is 5.06. The van der Waals surface area contributed by atoms with E-state index in [1.165, 1.54) is 10.4 Å². The zero-order chi connectivity index (χ0) is 10.8. The minimum Gasteiger partial charge on any atom is -0.452 e. The van der Waals surface area contributed by atoms with Gasteiger partial charge in [0.15, 0.2) is 4.67 Å². The van der Waals surface area contributed by atoms with Crippen LogP contribution in [0.25, 0.3) is 0 Å². The van der Waals surface area contributed by atoms with Crippen molar-refractivity contribution in [2.24, 2.45) is 0 Å². The molecule has 80 valence electrons. The third-order valence-corrected chi connectivity index (χ3v) is 3.84. The molecule has 0 spiro atoms. The van der Waals surface area contributed by atoms with Gasteiger partial charge in [0, 0.05) is 4.88 Å². The van der Waals surface area contributed by atoms with Crippen LogP contribution in [-0.4, -0.2) is 7.05 Å². The number of aryl methyl sites for hydroxylation is 1. The van der Waals surface area contributed by atoms with E-state index in [-0.39, 0.29) is 6.04 Å². The van der Waals surface area contributed by atoms with Crippen molar-refractivity contribution < 1.29 is 4.42 Å². The summed E-state index contributed by atoms with van der Waals surface area (Å²) in [5.74, 6) is 0.940. The molecule has 2 nitrogen and oxygen atoms in total. The monoisotopic (exact) mass is 285 g/mol. The standard InChI is InChI=1S/C11H12BrNOS/c1-7-5-6-15-11(7)10(13-2)8-3-4-9(12)14-8/h3-6,10,13H,1-2H3. The highest BCUT2D eigenvalue weighted by Crippen LogP contribution is 2.31. The molecule has 0 aromatic carbocycles. The lowest BCUT2D eigenvalue weighted by molar-refractivity contribution is 0.449. The quantitative estimate of drug-likeness (QED) is 0.930. The number of rotatable bonds is 3. The lowest BCUT2D eigenvalue weighted by Gasteiger charge is -2.12. The van der Waals surface area contributed by atoms with Gasteiger partial charge < -0.3 is 9.73 Å². The van der Waals surface area contributed by atoms with Crippen molar-refractivity contribution in [2.75, 3.05) is 7.05 Å². The Morgan fingerprint density at radius 2 is 2.20 bits per heavy atom. The summed E-state index contributed by atoms with van der Waals surface area (Å²) in [6, 6.07) is 6.19. The van der Waals surface area contributed by atoms with E-state index in [0.29, 0.717) is 0 Å². The number of hydrogen-bond acceptors (Lipinski definition) is 3. The van der Waals surface area contributed by atoms with Gasteiger partial charge in [-0.1, -0.05) is 0 Å². The average molecular weight is 286 g/mol. The molecule has 0 fully saturated rings. The highest BCUT2D eigenvalue weighted by Gasteiger charge is 2.18. The topological polar surface area (TPSA) is 25.2 Å². The summed E-state index contributed by atoms with van der Waals surface area (Å²) in [6.07, 6.45) is 0. The van der Waals surface area contributed by atoms with E-state index in [0.717, 1.165) is 10.4 Å². The third kappa shape index (κ3) is 2.17. The SMILES string of the molecule is CNC(c1ccc(Br)o1)c1sccc1C. The van der Waals surface area contributed by atoms with E-state index in [4.69, 9.17) is 4.42 Å². The molecule has 1 unspecified atom stereocenters. The van der Waals surface area contributed by atoms with Crippen LogP contribution in [0.2, 0.25) is 0 Å². The van der Waals surface area contributed by atoms with Crippen molar-refractivity contribution in [3.8, 4) is 0 Å². The first-order chi connectivity index (χ1) is 7.22. The Morgan fingerprint density at radius 1 is 1.40 bits per heavy atom. The van der Waals surface area contributed by atoms with Crippen LogP contribution in [0.3, 0.4) is 0 Å². The van der Waals surface area contributed by atoms with Crippen molar-refractivity contribution in [1.82, 2.24) is 5.32 Å². The van der Waals surface area contributed by atoms with Gasteiger partial charge in [0.1, 0.15) is 11.8 Å². The fourth-order valence-corrected chi connectivity index (χ4v) is 2.93. The largest absolute Gasteiger partial charge is 0.452 e. The third-order valence-electron chi connectivity index (χ3n) is 2.33. The van der Waals surface area contributed by atoms with Crippen LogP contribution >= 0.6 is 27.3 Å². The number of nitrogens with one attached hydrogen (secondary N) is 1. The maximum Gasteiger partial charge on any atom is 0.169 e. The second kappa shape index (κ2) is 4.51. The van der Waals surface area contributed by atoms with E-state index in [9.17, 15) is 0 Å². The minimum absolute atomic E-state index is 0.149. The van der Waals surface area contributed by atoms with Gasteiger partial charge in [-0.15, -0.1) is 11.3 Å². The fourth-order valence-electron chi connectivity index (χ4n) is 1.57. The summed E-state index contributed by atoms with van der Waals surface area (Å²) < 4.78 is 6.35. The van der Waals surface area contributed by atoms with Crippen LogP contribution in [0.1, 0.15) is 22.2 Å². The van der Waals surface area contributed by atoms with Crippen LogP contribution in [0.15, 0.2) is 32.7 Å². The number of hydrogen-bond donors (Lipinski definition) is 1. The van der Waals surface area contributed by atoms with E-state index in [1.54, 1.807) is 11.3 Å². The Bertz CT molecular complexity index is 449. The van der Waals surface area contributed by atoms with Crippen LogP contribution in [0, 0.1) is 6.92 Å². The van der Waals surface area contributed by atoms with Crippen molar-refractivity contribution in [2.45, 2.75) is 13.0 Å². The van der Waals surface area contributed by atoms with Crippen LogP contribution in [-0.2, 0) is 0 Å². The summed E-state index contributed by atoms with van der Waals surface area (Å²) in [5, 5.41) is 5.37. The Morgan fingerprint density at radius 3 is 2.67 bits per heavy atom. The summed E-state index contributed by atoms with van der Waals surface area (Å²) >= 11 is 5.07. The average Bonchev–Trinajstić information content (AvgIpc) is 2.79. The molecule has 0 saturated heterocycles. The molecule has 15 heavy (non-hydrogen) atoms. The Kier molecular flexibility index (Phi) is 3.29. The summed E-state index contributed by atoms with van der Waals surface area (Å²) in [6.45, 7) is 2.12. The van der Waals surface area contributed by atoms with Gasteiger partial charge in [0.05, 0.1) is 0 Å². The Hall–Kier alpha value is -0.580. The highest BCUT2D eigenvalue weighted by molar-refractivity contribution is 9.10. The first-order valence-electron chi connectivity index (χ1n) is 4.69. The normalized spacial score (nSPS) is 13.0. The smallest absolute Gasteiger partial charge is 0.169 e. The molecule has 2 aromatic heterocycles. The molecule has 0 aliphatic heterocycles. The molecule has 0 aliphatic rings. The molecule has 1 N–H and O–H groups in total. The van der Waals surface area contributed by atoms with E-state index in [1.807, 2.05) is 19.2 Å². The van der Waals surface area contributed by atoms with Crippen molar-refractivity contribution in [3.63, 3.8) is 0 Å². The van der Waals surface area contributed by atoms with E-state index < -0.39 is 0 Å². The van der Waals surface area contributed by atoms with Gasteiger partial charge in [0.2, 0.25) is 0 Å². The highest BCUT2D eigenvalue weighted by atomic mass is 79.9. The molecule has 4 heteroatoms. The van der Waals surface area contributed by atoms with E-state index in [2.05, 4.69) is 39.6 Å². The van der Waals surface area contributed by atoms with Crippen LogP contribution < -0.4 is 5.32 Å². The van der Waals surface area contributed by atoms with Gasteiger partial charge in [-0.2, -0.15) is 0 Å². The molecular formula is C11H12BrNOS. The fraction of sp³-hybridized carbons (Fsp3) is 0.273. The van der Waals surface area contributed by atoms with Crippen LogP contribution in [0.5, 0.6) is 0 Å². The molecular weight excluding hydrogens is 274 g/mol.